The predicted octanol–water partition coefficient (Wildman–Crippen LogP) is 2.20. The molecule has 0 fully saturated rings. The molecule has 0 aliphatic heterocycles. The van der Waals surface area contributed by atoms with Gasteiger partial charge in [0.2, 0.25) is 0 Å². The summed E-state index contributed by atoms with van der Waals surface area (Å²) in [4.78, 5) is 0. The summed E-state index contributed by atoms with van der Waals surface area (Å²) in [5, 5.41) is 3.40. The van der Waals surface area contributed by atoms with E-state index in [0.717, 1.165) is 26.1 Å². The van der Waals surface area contributed by atoms with Gasteiger partial charge in [-0.3, -0.25) is 0 Å². The molecule has 1 aromatic heterocycles. The highest BCUT2D eigenvalue weighted by Crippen LogP contribution is 2.12. The SMILES string of the molecule is CCNC(C)c1ccn(CCCOC)c1. The Balaban J connectivity index is 2.41. The molecule has 1 aromatic rings. The molecule has 0 saturated carbocycles. The second-order valence-electron chi connectivity index (χ2n) is 3.81. The Kier molecular flexibility index (Phi) is 5.43. The van der Waals surface area contributed by atoms with Crippen molar-refractivity contribution in [1.29, 1.82) is 0 Å². The first-order valence-electron chi connectivity index (χ1n) is 5.66. The summed E-state index contributed by atoms with van der Waals surface area (Å²) in [6.45, 7) is 7.20. The van der Waals surface area contributed by atoms with E-state index in [2.05, 4.69) is 42.2 Å². The molecule has 3 nitrogen and oxygen atoms in total. The minimum atomic E-state index is 0.443. The highest BCUT2D eigenvalue weighted by atomic mass is 16.5. The van der Waals surface area contributed by atoms with Gasteiger partial charge in [0.25, 0.3) is 0 Å². The standard InChI is InChI=1S/C12H22N2O/c1-4-13-11(2)12-6-8-14(10-12)7-5-9-15-3/h6,8,10-11,13H,4-5,7,9H2,1-3H3. The van der Waals surface area contributed by atoms with Crippen molar-refractivity contribution in [3.8, 4) is 0 Å². The van der Waals surface area contributed by atoms with Crippen LogP contribution >= 0.6 is 0 Å². The first kappa shape index (κ1) is 12.3. The molecular weight excluding hydrogens is 188 g/mol. The Hall–Kier alpha value is -0.800. The second-order valence-corrected chi connectivity index (χ2v) is 3.81. The Labute approximate surface area is 92.4 Å². The van der Waals surface area contributed by atoms with Crippen molar-refractivity contribution in [3.63, 3.8) is 0 Å². The number of hydrogen-bond donors (Lipinski definition) is 1. The molecule has 0 radical (unpaired) electrons. The molecule has 0 spiro atoms. The number of nitrogens with one attached hydrogen (secondary N) is 1. The summed E-state index contributed by atoms with van der Waals surface area (Å²) in [7, 11) is 1.74. The summed E-state index contributed by atoms with van der Waals surface area (Å²) in [6, 6.07) is 2.62. The monoisotopic (exact) mass is 210 g/mol. The van der Waals surface area contributed by atoms with E-state index in [1.165, 1.54) is 5.56 Å². The summed E-state index contributed by atoms with van der Waals surface area (Å²) < 4.78 is 7.26. The quantitative estimate of drug-likeness (QED) is 0.698. The molecule has 1 unspecified atom stereocenters. The molecule has 1 N–H and O–H groups in total. The van der Waals surface area contributed by atoms with Crippen LogP contribution in [0.25, 0.3) is 0 Å². The van der Waals surface area contributed by atoms with Crippen LogP contribution in [0.4, 0.5) is 0 Å². The van der Waals surface area contributed by atoms with E-state index < -0.39 is 0 Å². The molecule has 0 saturated heterocycles. The highest BCUT2D eigenvalue weighted by Gasteiger charge is 2.04. The Morgan fingerprint density at radius 1 is 1.53 bits per heavy atom. The molecule has 3 heteroatoms. The van der Waals surface area contributed by atoms with Crippen LogP contribution in [0.1, 0.15) is 31.9 Å². The summed E-state index contributed by atoms with van der Waals surface area (Å²) in [6.07, 6.45) is 5.42. The maximum Gasteiger partial charge on any atom is 0.0479 e. The lowest BCUT2D eigenvalue weighted by atomic mass is 10.2. The topological polar surface area (TPSA) is 26.2 Å². The minimum Gasteiger partial charge on any atom is -0.385 e. The number of ether oxygens (including phenoxy) is 1. The lowest BCUT2D eigenvalue weighted by Crippen LogP contribution is -2.17. The number of aryl methyl sites for hydroxylation is 1. The van der Waals surface area contributed by atoms with E-state index in [0.29, 0.717) is 6.04 Å². The highest BCUT2D eigenvalue weighted by molar-refractivity contribution is 5.14. The molecule has 1 atom stereocenters. The van der Waals surface area contributed by atoms with Gasteiger partial charge in [0, 0.05) is 38.7 Å². The summed E-state index contributed by atoms with van der Waals surface area (Å²) >= 11 is 0. The lowest BCUT2D eigenvalue weighted by molar-refractivity contribution is 0.190. The fourth-order valence-corrected chi connectivity index (χ4v) is 1.67. The minimum absolute atomic E-state index is 0.443. The van der Waals surface area contributed by atoms with Crippen molar-refractivity contribution in [2.75, 3.05) is 20.3 Å². The first-order valence-corrected chi connectivity index (χ1v) is 5.66. The van der Waals surface area contributed by atoms with Gasteiger partial charge in [0.05, 0.1) is 0 Å². The van der Waals surface area contributed by atoms with Crippen LogP contribution < -0.4 is 5.32 Å². The van der Waals surface area contributed by atoms with Crippen LogP contribution in [-0.2, 0) is 11.3 Å². The van der Waals surface area contributed by atoms with Gasteiger partial charge in [-0.1, -0.05) is 6.92 Å². The zero-order chi connectivity index (χ0) is 11.1. The maximum atomic E-state index is 5.03. The Bertz CT molecular complexity index is 270. The van der Waals surface area contributed by atoms with Crippen LogP contribution in [0.3, 0.4) is 0 Å². The van der Waals surface area contributed by atoms with Gasteiger partial charge in [-0.25, -0.2) is 0 Å². The molecule has 1 heterocycles. The molecular formula is C12H22N2O. The summed E-state index contributed by atoms with van der Waals surface area (Å²) in [5.41, 5.74) is 1.36. The van der Waals surface area contributed by atoms with Gasteiger partial charge >= 0.3 is 0 Å². The van der Waals surface area contributed by atoms with Gasteiger partial charge in [-0.05, 0) is 31.5 Å². The van der Waals surface area contributed by atoms with Crippen molar-refractivity contribution in [2.24, 2.45) is 0 Å². The van der Waals surface area contributed by atoms with Crippen LogP contribution in [0, 0.1) is 0 Å². The molecule has 0 bridgehead atoms. The third-order valence-electron chi connectivity index (χ3n) is 2.55. The van der Waals surface area contributed by atoms with Crippen molar-refractivity contribution < 1.29 is 4.74 Å². The fraction of sp³-hybridized carbons (Fsp3) is 0.667. The number of hydrogen-bond acceptors (Lipinski definition) is 2. The van der Waals surface area contributed by atoms with Crippen LogP contribution in [0.2, 0.25) is 0 Å². The summed E-state index contributed by atoms with van der Waals surface area (Å²) in [5.74, 6) is 0. The van der Waals surface area contributed by atoms with E-state index in [9.17, 15) is 0 Å². The molecule has 86 valence electrons. The van der Waals surface area contributed by atoms with Gasteiger partial charge in [-0.15, -0.1) is 0 Å². The number of nitrogens with zero attached hydrogens (tertiary/aromatic N) is 1. The van der Waals surface area contributed by atoms with E-state index in [1.807, 2.05) is 0 Å². The van der Waals surface area contributed by atoms with E-state index in [1.54, 1.807) is 7.11 Å². The van der Waals surface area contributed by atoms with E-state index in [-0.39, 0.29) is 0 Å². The van der Waals surface area contributed by atoms with Crippen LogP contribution in [-0.4, -0.2) is 24.8 Å². The Morgan fingerprint density at radius 2 is 2.33 bits per heavy atom. The molecule has 0 amide bonds. The largest absolute Gasteiger partial charge is 0.385 e. The number of methoxy groups -OCH3 is 1. The zero-order valence-corrected chi connectivity index (χ0v) is 9.99. The zero-order valence-electron chi connectivity index (χ0n) is 9.99. The normalized spacial score (nSPS) is 13.0. The van der Waals surface area contributed by atoms with Crippen molar-refractivity contribution in [1.82, 2.24) is 9.88 Å². The van der Waals surface area contributed by atoms with E-state index in [4.69, 9.17) is 4.74 Å². The van der Waals surface area contributed by atoms with Gasteiger partial charge in [0.15, 0.2) is 0 Å². The molecule has 0 aliphatic rings. The second kappa shape index (κ2) is 6.64. The maximum absolute atomic E-state index is 5.03. The van der Waals surface area contributed by atoms with Crippen molar-refractivity contribution >= 4 is 0 Å². The van der Waals surface area contributed by atoms with E-state index >= 15 is 0 Å². The van der Waals surface area contributed by atoms with Crippen LogP contribution in [0.5, 0.6) is 0 Å². The average Bonchev–Trinajstić information content (AvgIpc) is 2.67. The molecule has 0 aromatic carbocycles. The van der Waals surface area contributed by atoms with Crippen molar-refractivity contribution in [2.45, 2.75) is 32.9 Å². The van der Waals surface area contributed by atoms with Crippen LogP contribution in [0.15, 0.2) is 18.5 Å². The number of aromatic nitrogens is 1. The van der Waals surface area contributed by atoms with Crippen molar-refractivity contribution in [3.05, 3.63) is 24.0 Å². The molecule has 0 aliphatic carbocycles. The Morgan fingerprint density at radius 3 is 3.00 bits per heavy atom. The lowest BCUT2D eigenvalue weighted by Gasteiger charge is -2.09. The number of rotatable bonds is 7. The third-order valence-corrected chi connectivity index (χ3v) is 2.55. The molecule has 1 rings (SSSR count). The van der Waals surface area contributed by atoms with Gasteiger partial charge < -0.3 is 14.6 Å². The van der Waals surface area contributed by atoms with Gasteiger partial charge in [0.1, 0.15) is 0 Å². The van der Waals surface area contributed by atoms with Gasteiger partial charge in [-0.2, -0.15) is 0 Å². The average molecular weight is 210 g/mol. The fourth-order valence-electron chi connectivity index (χ4n) is 1.67. The smallest absolute Gasteiger partial charge is 0.0479 e. The predicted molar refractivity (Wildman–Crippen MR) is 63.0 cm³/mol. The first-order chi connectivity index (χ1) is 7.27. The third kappa shape index (κ3) is 4.06. The molecule has 15 heavy (non-hydrogen) atoms.